The summed E-state index contributed by atoms with van der Waals surface area (Å²) >= 11 is 0. The molecule has 0 aliphatic heterocycles. The van der Waals surface area contributed by atoms with Crippen molar-refractivity contribution in [2.75, 3.05) is 0 Å². The molecular formula is C13H12FN5O. The van der Waals surface area contributed by atoms with Crippen molar-refractivity contribution in [2.24, 2.45) is 0 Å². The Bertz CT molecular complexity index is 819. The predicted octanol–water partition coefficient (Wildman–Crippen LogP) is 1.74. The van der Waals surface area contributed by atoms with Gasteiger partial charge in [0.1, 0.15) is 6.33 Å². The topological polar surface area (TPSA) is 75.9 Å². The Morgan fingerprint density at radius 3 is 2.75 bits per heavy atom. The molecule has 3 heterocycles. The molecule has 3 aromatic heterocycles. The van der Waals surface area contributed by atoms with Crippen molar-refractivity contribution in [2.45, 2.75) is 19.8 Å². The van der Waals surface area contributed by atoms with Gasteiger partial charge < -0.3 is 0 Å². The molecule has 0 fully saturated rings. The average molecular weight is 273 g/mol. The summed E-state index contributed by atoms with van der Waals surface area (Å²) < 4.78 is 14.2. The van der Waals surface area contributed by atoms with Gasteiger partial charge in [0.25, 0.3) is 11.3 Å². The van der Waals surface area contributed by atoms with Gasteiger partial charge in [0.15, 0.2) is 0 Å². The van der Waals surface area contributed by atoms with Crippen LogP contribution in [0.25, 0.3) is 17.0 Å². The van der Waals surface area contributed by atoms with Crippen LogP contribution in [0.2, 0.25) is 0 Å². The van der Waals surface area contributed by atoms with E-state index in [1.54, 1.807) is 6.07 Å². The fraction of sp³-hybridized carbons (Fsp3) is 0.231. The van der Waals surface area contributed by atoms with Crippen molar-refractivity contribution in [3.63, 3.8) is 0 Å². The highest BCUT2D eigenvalue weighted by Gasteiger charge is 2.18. The first-order chi connectivity index (χ1) is 9.58. The number of H-pyrrole nitrogens is 1. The van der Waals surface area contributed by atoms with Crippen LogP contribution in [0.5, 0.6) is 0 Å². The molecule has 0 unspecified atom stereocenters. The summed E-state index contributed by atoms with van der Waals surface area (Å²) in [4.78, 5) is 24.4. The molecule has 7 heteroatoms. The highest BCUT2D eigenvalue weighted by molar-refractivity contribution is 5.64. The standard InChI is InChI=1S/C13H12FN5O/c1-7(2)10-11(8-3-4-9(14)15-5-8)18-13-16-6-17-19(13)12(10)20/h3-7H,1-2H3,(H,16,17,18). The molecule has 3 rings (SSSR count). The number of nitrogens with zero attached hydrogens (tertiary/aromatic N) is 4. The van der Waals surface area contributed by atoms with Gasteiger partial charge >= 0.3 is 0 Å². The maximum absolute atomic E-state index is 12.9. The maximum atomic E-state index is 12.9. The minimum atomic E-state index is -0.572. The summed E-state index contributed by atoms with van der Waals surface area (Å²) in [5.41, 5.74) is 1.42. The van der Waals surface area contributed by atoms with Crippen LogP contribution in [0, 0.1) is 5.95 Å². The summed E-state index contributed by atoms with van der Waals surface area (Å²) in [7, 11) is 0. The van der Waals surface area contributed by atoms with Gasteiger partial charge in [-0.05, 0) is 18.1 Å². The van der Waals surface area contributed by atoms with Crippen LogP contribution < -0.4 is 5.56 Å². The van der Waals surface area contributed by atoms with E-state index in [0.717, 1.165) is 0 Å². The molecule has 1 N–H and O–H groups in total. The molecule has 3 aromatic rings. The number of aromatic amines is 1. The van der Waals surface area contributed by atoms with E-state index >= 15 is 0 Å². The Morgan fingerprint density at radius 2 is 2.10 bits per heavy atom. The van der Waals surface area contributed by atoms with Gasteiger partial charge in [0.05, 0.1) is 5.69 Å². The highest BCUT2D eigenvalue weighted by atomic mass is 19.1. The lowest BCUT2D eigenvalue weighted by atomic mass is 9.99. The van der Waals surface area contributed by atoms with Gasteiger partial charge in [-0.1, -0.05) is 13.8 Å². The summed E-state index contributed by atoms with van der Waals surface area (Å²) in [6.07, 6.45) is 2.77. The van der Waals surface area contributed by atoms with E-state index in [2.05, 4.69) is 20.1 Å². The Balaban J connectivity index is 2.36. The first-order valence-electron chi connectivity index (χ1n) is 6.16. The van der Waals surface area contributed by atoms with Crippen LogP contribution in [0.1, 0.15) is 25.3 Å². The molecule has 20 heavy (non-hydrogen) atoms. The summed E-state index contributed by atoms with van der Waals surface area (Å²) in [6, 6.07) is 2.80. The van der Waals surface area contributed by atoms with Crippen molar-refractivity contribution in [3.8, 4) is 11.3 Å². The Labute approximate surface area is 113 Å². The van der Waals surface area contributed by atoms with E-state index in [-0.39, 0.29) is 17.3 Å². The third kappa shape index (κ3) is 1.87. The molecule has 0 aliphatic carbocycles. The number of nitrogens with one attached hydrogen (secondary N) is 1. The van der Waals surface area contributed by atoms with Crippen molar-refractivity contribution in [1.82, 2.24) is 24.6 Å². The van der Waals surface area contributed by atoms with Gasteiger partial charge in [-0.15, -0.1) is 0 Å². The van der Waals surface area contributed by atoms with E-state index in [1.165, 1.54) is 23.1 Å². The predicted molar refractivity (Wildman–Crippen MR) is 70.9 cm³/mol. The molecule has 102 valence electrons. The highest BCUT2D eigenvalue weighted by Crippen LogP contribution is 2.24. The number of pyridine rings is 1. The fourth-order valence-corrected chi connectivity index (χ4v) is 2.13. The monoisotopic (exact) mass is 273 g/mol. The minimum Gasteiger partial charge on any atom is -0.278 e. The normalized spacial score (nSPS) is 11.4. The Morgan fingerprint density at radius 1 is 1.30 bits per heavy atom. The van der Waals surface area contributed by atoms with Crippen molar-refractivity contribution in [3.05, 3.63) is 46.5 Å². The molecule has 0 atom stereocenters. The van der Waals surface area contributed by atoms with Crippen LogP contribution in [-0.4, -0.2) is 24.6 Å². The summed E-state index contributed by atoms with van der Waals surface area (Å²) in [5.74, 6) is -0.327. The van der Waals surface area contributed by atoms with Crippen molar-refractivity contribution < 1.29 is 4.39 Å². The first-order valence-corrected chi connectivity index (χ1v) is 6.16. The lowest BCUT2D eigenvalue weighted by Gasteiger charge is -2.10. The summed E-state index contributed by atoms with van der Waals surface area (Å²) in [6.45, 7) is 3.81. The van der Waals surface area contributed by atoms with Crippen LogP contribution >= 0.6 is 0 Å². The first kappa shape index (κ1) is 12.5. The maximum Gasteiger partial charge on any atom is 0.278 e. The number of halogens is 1. The van der Waals surface area contributed by atoms with E-state index < -0.39 is 5.95 Å². The number of rotatable bonds is 2. The van der Waals surface area contributed by atoms with E-state index in [1.807, 2.05) is 13.8 Å². The lowest BCUT2D eigenvalue weighted by Crippen LogP contribution is -2.22. The van der Waals surface area contributed by atoms with Crippen LogP contribution in [-0.2, 0) is 0 Å². The van der Waals surface area contributed by atoms with Gasteiger partial charge in [-0.3, -0.25) is 9.89 Å². The number of aromatic nitrogens is 5. The molecule has 0 bridgehead atoms. The Hall–Kier alpha value is -2.57. The van der Waals surface area contributed by atoms with E-state index in [9.17, 15) is 9.18 Å². The van der Waals surface area contributed by atoms with Crippen LogP contribution in [0.3, 0.4) is 0 Å². The third-order valence-corrected chi connectivity index (χ3v) is 3.05. The molecule has 0 saturated heterocycles. The second-order valence-corrected chi connectivity index (χ2v) is 4.73. The number of hydrogen-bond donors (Lipinski definition) is 1. The Kier molecular flexibility index (Phi) is 2.81. The molecule has 0 radical (unpaired) electrons. The fourth-order valence-electron chi connectivity index (χ4n) is 2.13. The number of fused-ring (bicyclic) bond motifs is 1. The average Bonchev–Trinajstić information content (AvgIpc) is 2.87. The third-order valence-electron chi connectivity index (χ3n) is 3.05. The lowest BCUT2D eigenvalue weighted by molar-refractivity contribution is 0.584. The molecule has 0 amide bonds. The molecule has 0 saturated carbocycles. The molecule has 0 aromatic carbocycles. The van der Waals surface area contributed by atoms with Crippen molar-refractivity contribution in [1.29, 1.82) is 0 Å². The SMILES string of the molecule is CC(C)c1c(-c2ccc(F)nc2)nc2nc[nH]n2c1=O. The minimum absolute atomic E-state index is 0.0322. The smallest absolute Gasteiger partial charge is 0.278 e. The molecule has 0 spiro atoms. The molecule has 0 aliphatic rings. The van der Waals surface area contributed by atoms with Crippen molar-refractivity contribution >= 4 is 5.78 Å². The van der Waals surface area contributed by atoms with Crippen LogP contribution in [0.15, 0.2) is 29.5 Å². The van der Waals surface area contributed by atoms with Gasteiger partial charge in [0.2, 0.25) is 5.95 Å². The second kappa shape index (κ2) is 4.52. The second-order valence-electron chi connectivity index (χ2n) is 4.73. The van der Waals surface area contributed by atoms with Gasteiger partial charge in [-0.25, -0.2) is 15.0 Å². The van der Waals surface area contributed by atoms with E-state index in [4.69, 9.17) is 0 Å². The van der Waals surface area contributed by atoms with E-state index in [0.29, 0.717) is 16.8 Å². The zero-order valence-corrected chi connectivity index (χ0v) is 11.0. The van der Waals surface area contributed by atoms with Gasteiger partial charge in [-0.2, -0.15) is 8.91 Å². The zero-order valence-electron chi connectivity index (χ0n) is 11.0. The molecule has 6 nitrogen and oxygen atoms in total. The van der Waals surface area contributed by atoms with Gasteiger partial charge in [0, 0.05) is 17.3 Å². The number of hydrogen-bond acceptors (Lipinski definition) is 4. The van der Waals surface area contributed by atoms with Crippen LogP contribution in [0.4, 0.5) is 4.39 Å². The molecular weight excluding hydrogens is 261 g/mol. The largest absolute Gasteiger partial charge is 0.278 e. The quantitative estimate of drug-likeness (QED) is 0.722. The zero-order chi connectivity index (χ0) is 14.3. The summed E-state index contributed by atoms with van der Waals surface area (Å²) in [5, 5.41) is 2.73.